The van der Waals surface area contributed by atoms with Gasteiger partial charge < -0.3 is 0 Å². The summed E-state index contributed by atoms with van der Waals surface area (Å²) in [5.41, 5.74) is 0. The van der Waals surface area contributed by atoms with E-state index in [9.17, 15) is 8.42 Å². The zero-order chi connectivity index (χ0) is 9.50. The normalized spacial score (nSPS) is 15.1. The molecule has 0 aliphatic heterocycles. The lowest BCUT2D eigenvalue weighted by molar-refractivity contribution is 0.479. The molecular formula is C2HBr5O3S. The maximum atomic E-state index is 10.7. The maximum Gasteiger partial charge on any atom is 0.294 e. The van der Waals surface area contributed by atoms with Crippen molar-refractivity contribution in [1.82, 2.24) is 0 Å². The zero-order valence-corrected chi connectivity index (χ0v) is 13.3. The van der Waals surface area contributed by atoms with Gasteiger partial charge in [-0.1, -0.05) is 47.8 Å². The Morgan fingerprint density at radius 2 is 1.27 bits per heavy atom. The van der Waals surface area contributed by atoms with E-state index >= 15 is 0 Å². The van der Waals surface area contributed by atoms with Crippen molar-refractivity contribution in [2.24, 2.45) is 0 Å². The second kappa shape index (κ2) is 3.82. The highest BCUT2D eigenvalue weighted by Gasteiger charge is 2.53. The van der Waals surface area contributed by atoms with Crippen LogP contribution < -0.4 is 0 Å². The lowest BCUT2D eigenvalue weighted by atomic mass is 11.0. The van der Waals surface area contributed by atoms with E-state index < -0.39 is 14.8 Å². The molecule has 0 aromatic heterocycles. The van der Waals surface area contributed by atoms with Crippen molar-refractivity contribution in [2.45, 2.75) is 4.71 Å². The van der Waals surface area contributed by atoms with Crippen molar-refractivity contribution in [3.05, 3.63) is 0 Å². The Morgan fingerprint density at radius 3 is 1.27 bits per heavy atom. The molecule has 0 amide bonds. The van der Waals surface area contributed by atoms with Crippen molar-refractivity contribution in [3.8, 4) is 0 Å². The quantitative estimate of drug-likeness (QED) is 0.441. The molecule has 68 valence electrons. The average molecular weight is 505 g/mol. The standard InChI is InChI=1S/C2HBr5O3S/c3-1(4,5)2(6,7)11(8,9)10/h(H,8,9,10). The molecule has 9 heteroatoms. The second-order valence-corrected chi connectivity index (χ2v) is 14.3. The van der Waals surface area contributed by atoms with Crippen LogP contribution in [0, 0.1) is 0 Å². The summed E-state index contributed by atoms with van der Waals surface area (Å²) in [6.07, 6.45) is 0. The van der Waals surface area contributed by atoms with Crippen molar-refractivity contribution in [2.75, 3.05) is 0 Å². The lowest BCUT2D eigenvalue weighted by Gasteiger charge is -2.25. The Labute approximate surface area is 106 Å². The van der Waals surface area contributed by atoms with Gasteiger partial charge in [0.2, 0.25) is 2.57 Å². The van der Waals surface area contributed by atoms with Crippen molar-refractivity contribution in [3.63, 3.8) is 0 Å². The molecule has 11 heavy (non-hydrogen) atoms. The van der Waals surface area contributed by atoms with Crippen LogP contribution in [0.4, 0.5) is 0 Å². The van der Waals surface area contributed by atoms with Gasteiger partial charge in [-0.05, 0) is 31.9 Å². The smallest absolute Gasteiger partial charge is 0.284 e. The number of rotatable bonds is 1. The molecule has 0 bridgehead atoms. The van der Waals surface area contributed by atoms with E-state index in [1.165, 1.54) is 0 Å². The highest BCUT2D eigenvalue weighted by molar-refractivity contribution is 9.42. The monoisotopic (exact) mass is 500 g/mol. The highest BCUT2D eigenvalue weighted by atomic mass is 80.0. The molecule has 0 saturated carbocycles. The molecule has 0 spiro atoms. The minimum atomic E-state index is -4.27. The number of halogens is 5. The van der Waals surface area contributed by atoms with Gasteiger partial charge in [-0.3, -0.25) is 4.55 Å². The lowest BCUT2D eigenvalue weighted by Crippen LogP contribution is -2.36. The third-order valence-electron chi connectivity index (χ3n) is 0.654. The number of hydrogen-bond donors (Lipinski definition) is 1. The van der Waals surface area contributed by atoms with Crippen LogP contribution >= 0.6 is 79.6 Å². The van der Waals surface area contributed by atoms with Gasteiger partial charge in [-0.15, -0.1) is 0 Å². The largest absolute Gasteiger partial charge is 0.294 e. The SMILES string of the molecule is O=S(=O)(O)C(Br)(Br)C(Br)(Br)Br. The Kier molecular flexibility index (Phi) is 4.62. The van der Waals surface area contributed by atoms with E-state index in [0.29, 0.717) is 0 Å². The molecule has 0 aliphatic rings. The third kappa shape index (κ3) is 3.17. The third-order valence-corrected chi connectivity index (χ3v) is 11.0. The first-order chi connectivity index (χ1) is 4.50. The van der Waals surface area contributed by atoms with Gasteiger partial charge in [-0.25, -0.2) is 0 Å². The Balaban J connectivity index is 5.08. The van der Waals surface area contributed by atoms with Crippen LogP contribution in [0.15, 0.2) is 0 Å². The fourth-order valence-corrected chi connectivity index (χ4v) is 2.28. The van der Waals surface area contributed by atoms with Gasteiger partial charge in [0.15, 0.2) is 2.14 Å². The summed E-state index contributed by atoms with van der Waals surface area (Å²) in [5, 5.41) is 0. The molecular weight excluding hydrogens is 504 g/mol. The zero-order valence-electron chi connectivity index (χ0n) is 4.56. The summed E-state index contributed by atoms with van der Waals surface area (Å²) in [6, 6.07) is 0. The van der Waals surface area contributed by atoms with Crippen LogP contribution in [-0.2, 0) is 10.1 Å². The van der Waals surface area contributed by atoms with E-state index in [2.05, 4.69) is 79.6 Å². The minimum absolute atomic E-state index is 1.19. The van der Waals surface area contributed by atoms with E-state index in [1.807, 2.05) is 0 Å². The number of alkyl halides is 5. The first-order valence-corrected chi connectivity index (χ1v) is 7.32. The molecule has 0 heterocycles. The van der Waals surface area contributed by atoms with Crippen LogP contribution in [-0.4, -0.2) is 17.7 Å². The molecule has 0 radical (unpaired) electrons. The van der Waals surface area contributed by atoms with Crippen molar-refractivity contribution >= 4 is 89.8 Å². The van der Waals surface area contributed by atoms with Crippen LogP contribution in [0.25, 0.3) is 0 Å². The molecule has 0 unspecified atom stereocenters. The Morgan fingerprint density at radius 1 is 1.00 bits per heavy atom. The average Bonchev–Trinajstić information content (AvgIpc) is 1.58. The van der Waals surface area contributed by atoms with Crippen LogP contribution in [0.1, 0.15) is 0 Å². The summed E-state index contributed by atoms with van der Waals surface area (Å²) in [7, 11) is -4.27. The topological polar surface area (TPSA) is 54.4 Å². The summed E-state index contributed by atoms with van der Waals surface area (Å²) < 4.78 is 27.1. The van der Waals surface area contributed by atoms with Gasteiger partial charge in [0, 0.05) is 0 Å². The maximum absolute atomic E-state index is 10.7. The minimum Gasteiger partial charge on any atom is -0.284 e. The van der Waals surface area contributed by atoms with Gasteiger partial charge in [0.25, 0.3) is 10.1 Å². The van der Waals surface area contributed by atoms with E-state index in [4.69, 9.17) is 4.55 Å². The Bertz CT molecular complexity index is 237. The molecule has 0 fully saturated rings. The molecule has 0 aliphatic carbocycles. The Hall–Kier alpha value is 2.31. The number of hydrogen-bond acceptors (Lipinski definition) is 2. The fraction of sp³-hybridized carbons (Fsp3) is 1.00. The van der Waals surface area contributed by atoms with Crippen molar-refractivity contribution in [1.29, 1.82) is 0 Å². The molecule has 3 nitrogen and oxygen atoms in total. The first-order valence-electron chi connectivity index (χ1n) is 1.91. The molecule has 0 rings (SSSR count). The fourth-order valence-electron chi connectivity index (χ4n) is 0.146. The molecule has 0 atom stereocenters. The summed E-state index contributed by atoms with van der Waals surface area (Å²) in [4.78, 5) is 0. The van der Waals surface area contributed by atoms with Gasteiger partial charge in [0.05, 0.1) is 0 Å². The summed E-state index contributed by atoms with van der Waals surface area (Å²) in [6.45, 7) is 0. The molecule has 0 saturated heterocycles. The van der Waals surface area contributed by atoms with Gasteiger partial charge in [-0.2, -0.15) is 8.42 Å². The van der Waals surface area contributed by atoms with Gasteiger partial charge in [0.1, 0.15) is 0 Å². The van der Waals surface area contributed by atoms with Crippen molar-refractivity contribution < 1.29 is 13.0 Å². The second-order valence-electron chi connectivity index (χ2n) is 1.49. The summed E-state index contributed by atoms with van der Waals surface area (Å²) in [5.74, 6) is 0. The highest BCUT2D eigenvalue weighted by Crippen LogP contribution is 2.55. The first kappa shape index (κ1) is 13.3. The molecule has 1 N–H and O–H groups in total. The van der Waals surface area contributed by atoms with Gasteiger partial charge >= 0.3 is 0 Å². The molecule has 0 aromatic rings. The van der Waals surface area contributed by atoms with Crippen LogP contribution in [0.5, 0.6) is 0 Å². The molecule has 0 aromatic carbocycles. The van der Waals surface area contributed by atoms with E-state index in [0.717, 1.165) is 0 Å². The predicted molar refractivity (Wildman–Crippen MR) is 61.6 cm³/mol. The predicted octanol–water partition coefficient (Wildman–Crippen LogP) is 3.16. The van der Waals surface area contributed by atoms with E-state index in [-0.39, 0.29) is 0 Å². The van der Waals surface area contributed by atoms with Crippen LogP contribution in [0.3, 0.4) is 0 Å². The van der Waals surface area contributed by atoms with E-state index in [1.54, 1.807) is 0 Å². The van der Waals surface area contributed by atoms with Crippen LogP contribution in [0.2, 0.25) is 0 Å². The summed E-state index contributed by atoms with van der Waals surface area (Å²) >= 11 is 14.3.